The van der Waals surface area contributed by atoms with E-state index < -0.39 is 0 Å². The Labute approximate surface area is 138 Å². The normalized spacial score (nSPS) is 10.2. The molecule has 3 nitrogen and oxygen atoms in total. The second-order valence-corrected chi connectivity index (χ2v) is 5.92. The molecule has 1 N–H and O–H groups in total. The minimum Gasteiger partial charge on any atom is -0.352 e. The summed E-state index contributed by atoms with van der Waals surface area (Å²) in [5.74, 6) is -0.0221. The van der Waals surface area contributed by atoms with Gasteiger partial charge in [-0.25, -0.2) is 0 Å². The molecular weight excluding hydrogens is 342 g/mol. The van der Waals surface area contributed by atoms with E-state index in [0.29, 0.717) is 13.0 Å². The van der Waals surface area contributed by atoms with E-state index in [1.165, 1.54) is 0 Å². The summed E-state index contributed by atoms with van der Waals surface area (Å²) >= 11 is 3.42. The summed E-state index contributed by atoms with van der Waals surface area (Å²) in [4.78, 5) is 23.7. The number of ketones is 1. The van der Waals surface area contributed by atoms with Gasteiger partial charge in [0.2, 0.25) is 5.91 Å². The third-order valence-corrected chi connectivity index (χ3v) is 4.08. The zero-order valence-electron chi connectivity index (χ0n) is 12.2. The summed E-state index contributed by atoms with van der Waals surface area (Å²) in [5.41, 5.74) is 2.01. The molecule has 4 heteroatoms. The molecule has 0 fully saturated rings. The van der Waals surface area contributed by atoms with Crippen LogP contribution in [0.5, 0.6) is 0 Å². The van der Waals surface area contributed by atoms with Gasteiger partial charge in [-0.2, -0.15) is 0 Å². The van der Waals surface area contributed by atoms with Gasteiger partial charge in [0.1, 0.15) is 5.78 Å². The van der Waals surface area contributed by atoms with Gasteiger partial charge >= 0.3 is 0 Å². The highest BCUT2D eigenvalue weighted by atomic mass is 79.9. The number of hydrogen-bond donors (Lipinski definition) is 1. The molecule has 0 radical (unpaired) electrons. The zero-order chi connectivity index (χ0) is 15.8. The molecule has 0 unspecified atom stereocenters. The van der Waals surface area contributed by atoms with E-state index in [1.807, 2.05) is 54.6 Å². The van der Waals surface area contributed by atoms with Crippen LogP contribution < -0.4 is 5.32 Å². The van der Waals surface area contributed by atoms with Crippen molar-refractivity contribution < 1.29 is 9.59 Å². The van der Waals surface area contributed by atoms with Crippen LogP contribution in [0.3, 0.4) is 0 Å². The smallest absolute Gasteiger partial charge is 0.220 e. The molecule has 0 spiro atoms. The fourth-order valence-corrected chi connectivity index (χ4v) is 2.51. The molecule has 0 saturated heterocycles. The Morgan fingerprint density at radius 1 is 0.909 bits per heavy atom. The molecule has 0 heterocycles. The van der Waals surface area contributed by atoms with Crippen molar-refractivity contribution in [3.8, 4) is 0 Å². The quantitative estimate of drug-likeness (QED) is 0.819. The lowest BCUT2D eigenvalue weighted by Gasteiger charge is -2.06. The van der Waals surface area contributed by atoms with E-state index in [-0.39, 0.29) is 24.5 Å². The minimum absolute atomic E-state index is 0.0711. The molecule has 2 rings (SSSR count). The first-order valence-electron chi connectivity index (χ1n) is 7.21. The van der Waals surface area contributed by atoms with Gasteiger partial charge in [-0.15, -0.1) is 0 Å². The van der Waals surface area contributed by atoms with Crippen molar-refractivity contribution in [2.45, 2.75) is 25.8 Å². The average Bonchev–Trinajstić information content (AvgIpc) is 2.54. The van der Waals surface area contributed by atoms with E-state index in [1.54, 1.807) is 0 Å². The van der Waals surface area contributed by atoms with Crippen molar-refractivity contribution in [1.82, 2.24) is 5.32 Å². The van der Waals surface area contributed by atoms with Crippen molar-refractivity contribution in [2.24, 2.45) is 0 Å². The first kappa shape index (κ1) is 16.4. The molecule has 0 saturated carbocycles. The van der Waals surface area contributed by atoms with Crippen LogP contribution in [-0.4, -0.2) is 11.7 Å². The number of nitrogens with one attached hydrogen (secondary N) is 1. The number of amides is 1. The fourth-order valence-electron chi connectivity index (χ4n) is 2.08. The van der Waals surface area contributed by atoms with E-state index in [0.717, 1.165) is 15.6 Å². The van der Waals surface area contributed by atoms with Crippen LogP contribution in [0.25, 0.3) is 0 Å². The van der Waals surface area contributed by atoms with Gasteiger partial charge < -0.3 is 5.32 Å². The van der Waals surface area contributed by atoms with Gasteiger partial charge in [-0.3, -0.25) is 9.59 Å². The Hall–Kier alpha value is -1.94. The molecule has 0 bridgehead atoms. The van der Waals surface area contributed by atoms with Gasteiger partial charge in [-0.05, 0) is 17.2 Å². The first-order chi connectivity index (χ1) is 10.6. The highest BCUT2D eigenvalue weighted by Crippen LogP contribution is 2.17. The van der Waals surface area contributed by atoms with Crippen LogP contribution >= 0.6 is 15.9 Å². The number of Topliss-reactive ketones (excluding diaryl/α,β-unsaturated/α-hetero) is 1. The van der Waals surface area contributed by atoms with Crippen LogP contribution in [0.4, 0.5) is 0 Å². The molecule has 0 atom stereocenters. The number of hydrogen-bond acceptors (Lipinski definition) is 2. The summed E-state index contributed by atoms with van der Waals surface area (Å²) < 4.78 is 0.928. The Kier molecular flexibility index (Phi) is 6.34. The second kappa shape index (κ2) is 8.49. The molecule has 0 aliphatic rings. The van der Waals surface area contributed by atoms with Crippen LogP contribution in [0.15, 0.2) is 59.1 Å². The molecule has 22 heavy (non-hydrogen) atoms. The summed E-state index contributed by atoms with van der Waals surface area (Å²) in [6.07, 6.45) is 0.853. The van der Waals surface area contributed by atoms with Gasteiger partial charge in [0, 0.05) is 30.3 Å². The highest BCUT2D eigenvalue weighted by molar-refractivity contribution is 9.10. The summed E-state index contributed by atoms with van der Waals surface area (Å²) in [6.45, 7) is 0.498. The van der Waals surface area contributed by atoms with E-state index >= 15 is 0 Å². The van der Waals surface area contributed by atoms with E-state index in [4.69, 9.17) is 0 Å². The number of benzene rings is 2. The Morgan fingerprint density at radius 3 is 2.32 bits per heavy atom. The van der Waals surface area contributed by atoms with Crippen LogP contribution in [0, 0.1) is 0 Å². The molecule has 1 amide bonds. The van der Waals surface area contributed by atoms with Crippen molar-refractivity contribution >= 4 is 27.6 Å². The molecular formula is C18H18BrNO2. The van der Waals surface area contributed by atoms with Crippen molar-refractivity contribution in [3.05, 3.63) is 70.2 Å². The number of carbonyl (C=O) groups is 2. The standard InChI is InChI=1S/C18H18BrNO2/c19-17-9-5-4-8-15(17)12-16(21)10-11-18(22)20-13-14-6-2-1-3-7-14/h1-9H,10-13H2,(H,20,22). The molecule has 2 aromatic rings. The van der Waals surface area contributed by atoms with Crippen LogP contribution in [0.1, 0.15) is 24.0 Å². The van der Waals surface area contributed by atoms with Gasteiger partial charge in [0.25, 0.3) is 0 Å². The Bertz CT molecular complexity index is 641. The predicted octanol–water partition coefficient (Wildman–Crippen LogP) is 3.66. The van der Waals surface area contributed by atoms with Crippen molar-refractivity contribution in [2.75, 3.05) is 0 Å². The number of carbonyl (C=O) groups excluding carboxylic acids is 2. The third kappa shape index (κ3) is 5.45. The van der Waals surface area contributed by atoms with E-state index in [2.05, 4.69) is 21.2 Å². The van der Waals surface area contributed by atoms with Gasteiger partial charge in [-0.1, -0.05) is 64.5 Å². The Morgan fingerprint density at radius 2 is 1.59 bits per heavy atom. The average molecular weight is 360 g/mol. The lowest BCUT2D eigenvalue weighted by Crippen LogP contribution is -2.23. The third-order valence-electron chi connectivity index (χ3n) is 3.31. The second-order valence-electron chi connectivity index (χ2n) is 5.07. The SMILES string of the molecule is O=C(CCC(=O)NCc1ccccc1)Cc1ccccc1Br. The van der Waals surface area contributed by atoms with E-state index in [9.17, 15) is 9.59 Å². The maximum atomic E-state index is 11.9. The van der Waals surface area contributed by atoms with Crippen molar-refractivity contribution in [3.63, 3.8) is 0 Å². The number of rotatable bonds is 7. The lowest BCUT2D eigenvalue weighted by molar-refractivity contribution is -0.125. The molecule has 0 aliphatic heterocycles. The first-order valence-corrected chi connectivity index (χ1v) is 8.00. The van der Waals surface area contributed by atoms with Crippen LogP contribution in [-0.2, 0) is 22.6 Å². The fraction of sp³-hybridized carbons (Fsp3) is 0.222. The Balaban J connectivity index is 1.72. The molecule has 0 aromatic heterocycles. The van der Waals surface area contributed by atoms with Gasteiger partial charge in [0.15, 0.2) is 0 Å². The maximum Gasteiger partial charge on any atom is 0.220 e. The monoisotopic (exact) mass is 359 g/mol. The summed E-state index contributed by atoms with van der Waals surface area (Å²) in [5, 5.41) is 2.83. The molecule has 0 aliphatic carbocycles. The van der Waals surface area contributed by atoms with Crippen LogP contribution in [0.2, 0.25) is 0 Å². The molecule has 114 valence electrons. The summed E-state index contributed by atoms with van der Waals surface area (Å²) in [7, 11) is 0. The highest BCUT2D eigenvalue weighted by Gasteiger charge is 2.09. The maximum absolute atomic E-state index is 11.9. The predicted molar refractivity (Wildman–Crippen MR) is 90.4 cm³/mol. The molecule has 2 aromatic carbocycles. The zero-order valence-corrected chi connectivity index (χ0v) is 13.8. The lowest BCUT2D eigenvalue weighted by atomic mass is 10.1. The largest absolute Gasteiger partial charge is 0.352 e. The summed E-state index contributed by atoms with van der Waals surface area (Å²) in [6, 6.07) is 17.4. The van der Waals surface area contributed by atoms with Gasteiger partial charge in [0.05, 0.1) is 0 Å². The van der Waals surface area contributed by atoms with Crippen molar-refractivity contribution in [1.29, 1.82) is 0 Å². The topological polar surface area (TPSA) is 46.2 Å². The number of halogens is 1. The minimum atomic E-state index is -0.0932.